The zero-order chi connectivity index (χ0) is 15.0. The Bertz CT molecular complexity index is 817. The summed E-state index contributed by atoms with van der Waals surface area (Å²) in [6.45, 7) is 0. The summed E-state index contributed by atoms with van der Waals surface area (Å²) in [5.41, 5.74) is 6.86. The Morgan fingerprint density at radius 1 is 1.10 bits per heavy atom. The molecule has 0 saturated heterocycles. The fourth-order valence-corrected chi connectivity index (χ4v) is 2.28. The molecule has 2 N–H and O–H groups in total. The van der Waals surface area contributed by atoms with Gasteiger partial charge in [0.15, 0.2) is 0 Å². The van der Waals surface area contributed by atoms with Gasteiger partial charge in [-0.3, -0.25) is 0 Å². The fraction of sp³-hybridized carbons (Fsp3) is 0. The van der Waals surface area contributed by atoms with Crippen LogP contribution in [0.4, 0.5) is 14.7 Å². The van der Waals surface area contributed by atoms with Crippen LogP contribution in [0.3, 0.4) is 0 Å². The Labute approximate surface area is 123 Å². The maximum Gasteiger partial charge on any atom is 0.230 e. The zero-order valence-corrected chi connectivity index (χ0v) is 11.4. The number of anilines is 1. The van der Waals surface area contributed by atoms with Crippen LogP contribution in [0.25, 0.3) is 22.4 Å². The summed E-state index contributed by atoms with van der Waals surface area (Å²) >= 11 is 5.94. The first-order chi connectivity index (χ1) is 10.1. The van der Waals surface area contributed by atoms with Crippen LogP contribution in [0.15, 0.2) is 47.0 Å². The maximum atomic E-state index is 13.9. The monoisotopic (exact) mass is 306 g/mol. The number of hydrogen-bond donors (Lipinski definition) is 1. The number of nitrogen functional groups attached to an aromatic ring is 1. The molecule has 0 fully saturated rings. The van der Waals surface area contributed by atoms with E-state index >= 15 is 0 Å². The SMILES string of the molecule is Nc1onc(-c2cc(F)ccc2F)c1-c1cccc(Cl)c1. The molecule has 0 amide bonds. The van der Waals surface area contributed by atoms with Crippen molar-refractivity contribution in [2.45, 2.75) is 0 Å². The normalized spacial score (nSPS) is 10.8. The van der Waals surface area contributed by atoms with Crippen molar-refractivity contribution in [2.75, 3.05) is 5.73 Å². The highest BCUT2D eigenvalue weighted by Gasteiger charge is 2.20. The van der Waals surface area contributed by atoms with E-state index in [1.165, 1.54) is 0 Å². The zero-order valence-electron chi connectivity index (χ0n) is 10.6. The van der Waals surface area contributed by atoms with Crippen molar-refractivity contribution in [1.82, 2.24) is 5.16 Å². The lowest BCUT2D eigenvalue weighted by molar-refractivity contribution is 0.439. The second-order valence-electron chi connectivity index (χ2n) is 4.40. The number of nitrogens with two attached hydrogens (primary N) is 1. The van der Waals surface area contributed by atoms with Crippen LogP contribution in [0.5, 0.6) is 0 Å². The van der Waals surface area contributed by atoms with E-state index in [1.54, 1.807) is 24.3 Å². The molecule has 0 spiro atoms. The van der Waals surface area contributed by atoms with Gasteiger partial charge in [0, 0.05) is 10.6 Å². The molecule has 0 bridgehead atoms. The number of aromatic nitrogens is 1. The molecule has 0 aliphatic carbocycles. The molecule has 1 aromatic heterocycles. The van der Waals surface area contributed by atoms with Crippen molar-refractivity contribution in [3.63, 3.8) is 0 Å². The summed E-state index contributed by atoms with van der Waals surface area (Å²) in [6.07, 6.45) is 0. The van der Waals surface area contributed by atoms with Crippen LogP contribution in [0, 0.1) is 11.6 Å². The molecule has 0 aliphatic heterocycles. The fourth-order valence-electron chi connectivity index (χ4n) is 2.09. The quantitative estimate of drug-likeness (QED) is 0.757. The number of benzene rings is 2. The summed E-state index contributed by atoms with van der Waals surface area (Å²) in [6, 6.07) is 9.88. The van der Waals surface area contributed by atoms with Gasteiger partial charge < -0.3 is 10.3 Å². The predicted molar refractivity (Wildman–Crippen MR) is 76.7 cm³/mol. The molecule has 3 rings (SSSR count). The smallest absolute Gasteiger partial charge is 0.230 e. The minimum Gasteiger partial charge on any atom is -0.367 e. The Balaban J connectivity index is 2.24. The summed E-state index contributed by atoms with van der Waals surface area (Å²) in [5, 5.41) is 4.23. The van der Waals surface area contributed by atoms with Crippen molar-refractivity contribution >= 4 is 17.5 Å². The van der Waals surface area contributed by atoms with Crippen molar-refractivity contribution in [2.24, 2.45) is 0 Å². The van der Waals surface area contributed by atoms with E-state index in [2.05, 4.69) is 5.16 Å². The molecule has 1 heterocycles. The Morgan fingerprint density at radius 2 is 1.90 bits per heavy atom. The van der Waals surface area contributed by atoms with E-state index in [-0.39, 0.29) is 17.1 Å². The first-order valence-electron chi connectivity index (χ1n) is 6.03. The van der Waals surface area contributed by atoms with E-state index in [4.69, 9.17) is 21.9 Å². The Kier molecular flexibility index (Phi) is 3.35. The molecule has 0 atom stereocenters. The Hall–Kier alpha value is -2.40. The summed E-state index contributed by atoms with van der Waals surface area (Å²) in [4.78, 5) is 0. The van der Waals surface area contributed by atoms with Gasteiger partial charge in [0.2, 0.25) is 5.88 Å². The minimum atomic E-state index is -0.618. The average molecular weight is 307 g/mol. The van der Waals surface area contributed by atoms with E-state index in [0.717, 1.165) is 18.2 Å². The van der Waals surface area contributed by atoms with E-state index < -0.39 is 11.6 Å². The standard InChI is InChI=1S/C15H9ClF2N2O/c16-9-3-1-2-8(6-9)13-14(20-21-15(13)19)11-7-10(17)4-5-12(11)18/h1-7H,19H2. The molecule has 3 nitrogen and oxygen atoms in total. The lowest BCUT2D eigenvalue weighted by atomic mass is 10.0. The molecule has 0 radical (unpaired) electrons. The van der Waals surface area contributed by atoms with Crippen LogP contribution in [-0.2, 0) is 0 Å². The third-order valence-corrected chi connectivity index (χ3v) is 3.25. The average Bonchev–Trinajstić information content (AvgIpc) is 2.83. The molecule has 2 aromatic carbocycles. The second-order valence-corrected chi connectivity index (χ2v) is 4.84. The van der Waals surface area contributed by atoms with Gasteiger partial charge in [0.05, 0.1) is 5.56 Å². The van der Waals surface area contributed by atoms with Gasteiger partial charge in [-0.1, -0.05) is 28.9 Å². The van der Waals surface area contributed by atoms with Gasteiger partial charge in [-0.2, -0.15) is 0 Å². The predicted octanol–water partition coefficient (Wildman–Crippen LogP) is 4.52. The van der Waals surface area contributed by atoms with Crippen molar-refractivity contribution < 1.29 is 13.3 Å². The van der Waals surface area contributed by atoms with Crippen LogP contribution in [-0.4, -0.2) is 5.16 Å². The highest BCUT2D eigenvalue weighted by Crippen LogP contribution is 2.38. The molecule has 0 aliphatic rings. The van der Waals surface area contributed by atoms with Gasteiger partial charge in [0.1, 0.15) is 17.3 Å². The largest absolute Gasteiger partial charge is 0.367 e. The van der Waals surface area contributed by atoms with E-state index in [1.807, 2.05) is 0 Å². The molecule has 106 valence electrons. The highest BCUT2D eigenvalue weighted by molar-refractivity contribution is 6.30. The first kappa shape index (κ1) is 13.6. The van der Waals surface area contributed by atoms with Crippen molar-refractivity contribution in [3.05, 3.63) is 59.1 Å². The van der Waals surface area contributed by atoms with Crippen LogP contribution in [0.2, 0.25) is 5.02 Å². The maximum absolute atomic E-state index is 13.9. The molecule has 6 heteroatoms. The summed E-state index contributed by atoms with van der Waals surface area (Å²) in [5.74, 6) is -1.19. The molecule has 0 saturated carbocycles. The van der Waals surface area contributed by atoms with Crippen LogP contribution < -0.4 is 5.73 Å². The van der Waals surface area contributed by atoms with E-state index in [9.17, 15) is 8.78 Å². The lowest BCUT2D eigenvalue weighted by Crippen LogP contribution is -1.91. The lowest BCUT2D eigenvalue weighted by Gasteiger charge is -2.04. The summed E-state index contributed by atoms with van der Waals surface area (Å²) < 4.78 is 32.2. The first-order valence-corrected chi connectivity index (χ1v) is 6.40. The molecule has 21 heavy (non-hydrogen) atoms. The topological polar surface area (TPSA) is 52.0 Å². The Morgan fingerprint density at radius 3 is 2.67 bits per heavy atom. The molecular weight excluding hydrogens is 298 g/mol. The van der Waals surface area contributed by atoms with Crippen molar-refractivity contribution in [1.29, 1.82) is 0 Å². The molecule has 3 aromatic rings. The number of nitrogens with zero attached hydrogens (tertiary/aromatic N) is 1. The van der Waals surface area contributed by atoms with Gasteiger partial charge in [-0.15, -0.1) is 0 Å². The van der Waals surface area contributed by atoms with Gasteiger partial charge in [0.25, 0.3) is 0 Å². The highest BCUT2D eigenvalue weighted by atomic mass is 35.5. The third-order valence-electron chi connectivity index (χ3n) is 3.02. The molecule has 0 unspecified atom stereocenters. The third kappa shape index (κ3) is 2.48. The van der Waals surface area contributed by atoms with E-state index in [0.29, 0.717) is 16.1 Å². The minimum absolute atomic E-state index is 0.0101. The molecular formula is C15H9ClF2N2O. The number of halogens is 3. The second kappa shape index (κ2) is 5.18. The van der Waals surface area contributed by atoms with Gasteiger partial charge in [-0.25, -0.2) is 8.78 Å². The van der Waals surface area contributed by atoms with Gasteiger partial charge >= 0.3 is 0 Å². The van der Waals surface area contributed by atoms with Gasteiger partial charge in [-0.05, 0) is 35.9 Å². The van der Waals surface area contributed by atoms with Crippen LogP contribution in [0.1, 0.15) is 0 Å². The van der Waals surface area contributed by atoms with Crippen LogP contribution >= 0.6 is 11.6 Å². The number of rotatable bonds is 2. The van der Waals surface area contributed by atoms with Crippen molar-refractivity contribution in [3.8, 4) is 22.4 Å². The number of hydrogen-bond acceptors (Lipinski definition) is 3. The summed E-state index contributed by atoms with van der Waals surface area (Å²) in [7, 11) is 0.